The smallest absolute Gasteiger partial charge is 0.274 e. The summed E-state index contributed by atoms with van der Waals surface area (Å²) in [6.45, 7) is 4.59. The van der Waals surface area contributed by atoms with Crippen molar-refractivity contribution < 1.29 is 9.31 Å². The average molecular weight is 238 g/mol. The Bertz CT molecular complexity index is 460. The van der Waals surface area contributed by atoms with Gasteiger partial charge in [0.25, 0.3) is 5.69 Å². The van der Waals surface area contributed by atoms with Gasteiger partial charge in [-0.25, -0.2) is 4.39 Å². The first kappa shape index (κ1) is 12.0. The van der Waals surface area contributed by atoms with E-state index in [9.17, 15) is 14.5 Å². The molecule has 0 saturated heterocycles. The Balaban J connectivity index is 2.09. The second-order valence-electron chi connectivity index (χ2n) is 5.16. The number of hydrogen-bond donors (Lipinski definition) is 1. The number of nitro benzene ring substituents is 1. The van der Waals surface area contributed by atoms with E-state index in [0.717, 1.165) is 12.5 Å². The number of nitro groups is 1. The summed E-state index contributed by atoms with van der Waals surface area (Å²) in [7, 11) is 0. The van der Waals surface area contributed by atoms with Gasteiger partial charge in [-0.15, -0.1) is 0 Å². The number of hydrogen-bond acceptors (Lipinski definition) is 3. The average Bonchev–Trinajstić information content (AvgIpc) is 2.83. The van der Waals surface area contributed by atoms with Crippen LogP contribution < -0.4 is 5.32 Å². The molecule has 1 N–H and O–H groups in total. The fourth-order valence-corrected chi connectivity index (χ4v) is 1.92. The van der Waals surface area contributed by atoms with E-state index in [0.29, 0.717) is 18.2 Å². The Morgan fingerprint density at radius 1 is 1.59 bits per heavy atom. The third-order valence-corrected chi connectivity index (χ3v) is 3.29. The van der Waals surface area contributed by atoms with Crippen LogP contribution in [0.3, 0.4) is 0 Å². The largest absolute Gasteiger partial charge is 0.309 e. The third kappa shape index (κ3) is 2.61. The number of nitrogens with zero attached hydrogens (tertiary/aromatic N) is 1. The molecule has 92 valence electrons. The summed E-state index contributed by atoms with van der Waals surface area (Å²) in [4.78, 5) is 10.3. The van der Waals surface area contributed by atoms with E-state index in [1.807, 2.05) is 0 Å². The molecule has 1 aromatic rings. The molecule has 0 heterocycles. The molecule has 0 aliphatic heterocycles. The predicted octanol–water partition coefficient (Wildman–Crippen LogP) is 2.62. The van der Waals surface area contributed by atoms with Gasteiger partial charge >= 0.3 is 0 Å². The van der Waals surface area contributed by atoms with Crippen molar-refractivity contribution in [2.24, 2.45) is 5.41 Å². The van der Waals surface area contributed by atoms with E-state index in [1.165, 1.54) is 12.1 Å². The SMILES string of the molecule is CC1(C)CC1NCc1cc(F)ccc1[N+](=O)[O-]. The number of halogens is 1. The van der Waals surface area contributed by atoms with Crippen molar-refractivity contribution in [2.75, 3.05) is 0 Å². The molecule has 1 saturated carbocycles. The molecule has 0 amide bonds. The molecule has 1 aliphatic carbocycles. The van der Waals surface area contributed by atoms with Gasteiger partial charge in [0.15, 0.2) is 0 Å². The minimum atomic E-state index is -0.478. The van der Waals surface area contributed by atoms with E-state index in [-0.39, 0.29) is 11.1 Å². The first-order valence-electron chi connectivity index (χ1n) is 5.56. The normalized spacial score (nSPS) is 21.2. The molecule has 1 atom stereocenters. The highest BCUT2D eigenvalue weighted by molar-refractivity contribution is 5.40. The Hall–Kier alpha value is -1.49. The Morgan fingerprint density at radius 3 is 2.76 bits per heavy atom. The molecule has 1 unspecified atom stereocenters. The van der Waals surface area contributed by atoms with Crippen LogP contribution in [0.15, 0.2) is 18.2 Å². The summed E-state index contributed by atoms with van der Waals surface area (Å²) < 4.78 is 13.1. The van der Waals surface area contributed by atoms with Crippen LogP contribution in [0.4, 0.5) is 10.1 Å². The molecule has 2 rings (SSSR count). The summed E-state index contributed by atoms with van der Waals surface area (Å²) in [5.74, 6) is -0.442. The van der Waals surface area contributed by atoms with Crippen molar-refractivity contribution >= 4 is 5.69 Å². The Kier molecular flexibility index (Phi) is 2.87. The molecule has 1 aliphatic rings. The molecule has 1 fully saturated rings. The summed E-state index contributed by atoms with van der Waals surface area (Å²) >= 11 is 0. The molecule has 0 aromatic heterocycles. The zero-order valence-corrected chi connectivity index (χ0v) is 9.87. The monoisotopic (exact) mass is 238 g/mol. The van der Waals surface area contributed by atoms with Crippen LogP contribution in [0.2, 0.25) is 0 Å². The molecule has 5 heteroatoms. The van der Waals surface area contributed by atoms with Crippen molar-refractivity contribution in [3.8, 4) is 0 Å². The van der Waals surface area contributed by atoms with E-state index >= 15 is 0 Å². The fourth-order valence-electron chi connectivity index (χ4n) is 1.92. The zero-order chi connectivity index (χ0) is 12.6. The van der Waals surface area contributed by atoms with Gasteiger partial charge in [0.05, 0.1) is 4.92 Å². The van der Waals surface area contributed by atoms with Gasteiger partial charge in [0.1, 0.15) is 5.82 Å². The second-order valence-corrected chi connectivity index (χ2v) is 5.16. The highest BCUT2D eigenvalue weighted by Crippen LogP contribution is 2.44. The third-order valence-electron chi connectivity index (χ3n) is 3.29. The molecular weight excluding hydrogens is 223 g/mol. The molecule has 4 nitrogen and oxygen atoms in total. The van der Waals surface area contributed by atoms with Crippen molar-refractivity contribution in [3.05, 3.63) is 39.7 Å². The number of benzene rings is 1. The summed E-state index contributed by atoms with van der Waals surface area (Å²) in [5.41, 5.74) is 0.623. The highest BCUT2D eigenvalue weighted by Gasteiger charge is 2.45. The number of nitrogens with one attached hydrogen (secondary N) is 1. The maximum absolute atomic E-state index is 13.1. The minimum absolute atomic E-state index is 0.0302. The van der Waals surface area contributed by atoms with Crippen LogP contribution in [0.25, 0.3) is 0 Å². The van der Waals surface area contributed by atoms with Crippen LogP contribution in [-0.4, -0.2) is 11.0 Å². The molecule has 1 aromatic carbocycles. The number of rotatable bonds is 4. The van der Waals surface area contributed by atoms with Gasteiger partial charge in [-0.2, -0.15) is 0 Å². The molecule has 0 bridgehead atoms. The molecular formula is C12H15FN2O2. The van der Waals surface area contributed by atoms with E-state index in [4.69, 9.17) is 0 Å². The first-order valence-corrected chi connectivity index (χ1v) is 5.56. The maximum atomic E-state index is 13.1. The Morgan fingerprint density at radius 2 is 2.24 bits per heavy atom. The lowest BCUT2D eigenvalue weighted by atomic mass is 10.1. The molecule has 17 heavy (non-hydrogen) atoms. The van der Waals surface area contributed by atoms with E-state index < -0.39 is 10.7 Å². The lowest BCUT2D eigenvalue weighted by Gasteiger charge is -2.07. The summed E-state index contributed by atoms with van der Waals surface area (Å²) in [5, 5.41) is 14.0. The second kappa shape index (κ2) is 4.07. The van der Waals surface area contributed by atoms with E-state index in [1.54, 1.807) is 0 Å². The van der Waals surface area contributed by atoms with Gasteiger partial charge in [0, 0.05) is 24.2 Å². The standard InChI is InChI=1S/C12H15FN2O2/c1-12(2)6-11(12)14-7-8-5-9(13)3-4-10(8)15(16)17/h3-5,11,14H,6-7H2,1-2H3. The first-order chi connectivity index (χ1) is 7.90. The lowest BCUT2D eigenvalue weighted by molar-refractivity contribution is -0.385. The quantitative estimate of drug-likeness (QED) is 0.648. The van der Waals surface area contributed by atoms with Crippen LogP contribution in [0, 0.1) is 21.3 Å². The summed E-state index contributed by atoms with van der Waals surface area (Å²) in [6.07, 6.45) is 1.05. The van der Waals surface area contributed by atoms with Crippen molar-refractivity contribution in [3.63, 3.8) is 0 Å². The van der Waals surface area contributed by atoms with E-state index in [2.05, 4.69) is 19.2 Å². The van der Waals surface area contributed by atoms with Crippen LogP contribution in [0.1, 0.15) is 25.8 Å². The molecule has 0 spiro atoms. The van der Waals surface area contributed by atoms with Gasteiger partial charge in [-0.3, -0.25) is 10.1 Å². The van der Waals surface area contributed by atoms with Crippen LogP contribution in [-0.2, 0) is 6.54 Å². The summed E-state index contributed by atoms with van der Waals surface area (Å²) in [6, 6.07) is 3.92. The predicted molar refractivity (Wildman–Crippen MR) is 62.1 cm³/mol. The zero-order valence-electron chi connectivity index (χ0n) is 9.87. The lowest BCUT2D eigenvalue weighted by Crippen LogP contribution is -2.20. The minimum Gasteiger partial charge on any atom is -0.309 e. The Labute approximate surface area is 99.0 Å². The van der Waals surface area contributed by atoms with Crippen LogP contribution >= 0.6 is 0 Å². The topological polar surface area (TPSA) is 55.2 Å². The van der Waals surface area contributed by atoms with Gasteiger partial charge in [0.2, 0.25) is 0 Å². The van der Waals surface area contributed by atoms with Crippen molar-refractivity contribution in [2.45, 2.75) is 32.9 Å². The van der Waals surface area contributed by atoms with Gasteiger partial charge < -0.3 is 5.32 Å². The van der Waals surface area contributed by atoms with Crippen LogP contribution in [0.5, 0.6) is 0 Å². The van der Waals surface area contributed by atoms with Crippen molar-refractivity contribution in [1.29, 1.82) is 0 Å². The highest BCUT2D eigenvalue weighted by atomic mass is 19.1. The maximum Gasteiger partial charge on any atom is 0.274 e. The fraction of sp³-hybridized carbons (Fsp3) is 0.500. The molecule has 0 radical (unpaired) electrons. The van der Waals surface area contributed by atoms with Crippen molar-refractivity contribution in [1.82, 2.24) is 5.32 Å². The van der Waals surface area contributed by atoms with Gasteiger partial charge in [-0.1, -0.05) is 13.8 Å². The van der Waals surface area contributed by atoms with Gasteiger partial charge in [-0.05, 0) is 24.0 Å².